The van der Waals surface area contributed by atoms with Gasteiger partial charge in [0.15, 0.2) is 0 Å². The van der Waals surface area contributed by atoms with Crippen LogP contribution in [0.5, 0.6) is 0 Å². The number of piperidine rings is 1. The number of hydrogen-bond donors (Lipinski definition) is 1. The van der Waals surface area contributed by atoms with Crippen LogP contribution in [-0.4, -0.2) is 28.5 Å². The number of rotatable bonds is 4. The van der Waals surface area contributed by atoms with Gasteiger partial charge in [-0.2, -0.15) is 4.98 Å². The van der Waals surface area contributed by atoms with Crippen molar-refractivity contribution < 1.29 is 9.18 Å². The van der Waals surface area contributed by atoms with E-state index in [2.05, 4.69) is 22.1 Å². The monoisotopic (exact) mass is 408 g/mol. The third-order valence-corrected chi connectivity index (χ3v) is 5.73. The first-order valence-corrected chi connectivity index (χ1v) is 10.2. The summed E-state index contributed by atoms with van der Waals surface area (Å²) in [6.07, 6.45) is 2.13. The lowest BCUT2D eigenvalue weighted by Crippen LogP contribution is -2.37. The molecule has 0 radical (unpaired) electrons. The van der Waals surface area contributed by atoms with Crippen LogP contribution in [0.25, 0.3) is 10.9 Å². The van der Waals surface area contributed by atoms with Gasteiger partial charge in [0.25, 0.3) is 0 Å². The van der Waals surface area contributed by atoms with Crippen LogP contribution in [-0.2, 0) is 11.3 Å². The summed E-state index contributed by atoms with van der Waals surface area (Å²) in [6, 6.07) is 11.7. The SMILES string of the molecule is Cc1ccc(F)cc1NC(=O)Cn1c(=O)nc(N2CCC(C)CC2)c2ccccc21. The second-order valence-corrected chi connectivity index (χ2v) is 8.00. The van der Waals surface area contributed by atoms with Crippen LogP contribution in [0.1, 0.15) is 25.3 Å². The Morgan fingerprint density at radius 2 is 1.93 bits per heavy atom. The second kappa shape index (κ2) is 8.26. The molecule has 30 heavy (non-hydrogen) atoms. The standard InChI is InChI=1S/C23H25FN4O2/c1-15-9-11-27(12-10-15)22-18-5-3-4-6-20(18)28(23(30)26-22)14-21(29)25-19-13-17(24)8-7-16(19)2/h3-8,13,15H,9-12,14H2,1-2H3,(H,25,29). The summed E-state index contributed by atoms with van der Waals surface area (Å²) in [5.41, 5.74) is 1.34. The first-order chi connectivity index (χ1) is 14.4. The highest BCUT2D eigenvalue weighted by atomic mass is 19.1. The Kier molecular flexibility index (Phi) is 5.53. The number of nitrogens with zero attached hydrogens (tertiary/aromatic N) is 3. The third-order valence-electron chi connectivity index (χ3n) is 5.73. The molecule has 1 aromatic heterocycles. The normalized spacial score (nSPS) is 14.8. The fraction of sp³-hybridized carbons (Fsp3) is 0.348. The summed E-state index contributed by atoms with van der Waals surface area (Å²) < 4.78 is 14.9. The number of benzene rings is 2. The minimum absolute atomic E-state index is 0.195. The molecule has 1 amide bonds. The van der Waals surface area contributed by atoms with Crippen molar-refractivity contribution >= 4 is 28.3 Å². The molecule has 1 aliphatic heterocycles. The van der Waals surface area contributed by atoms with E-state index in [1.165, 1.54) is 16.7 Å². The lowest BCUT2D eigenvalue weighted by atomic mass is 9.99. The van der Waals surface area contributed by atoms with E-state index in [9.17, 15) is 14.0 Å². The Morgan fingerprint density at radius 1 is 1.20 bits per heavy atom. The molecule has 1 saturated heterocycles. The largest absolute Gasteiger partial charge is 0.356 e. The number of nitrogens with one attached hydrogen (secondary N) is 1. The molecular formula is C23H25FN4O2. The summed E-state index contributed by atoms with van der Waals surface area (Å²) in [5, 5.41) is 3.55. The van der Waals surface area contributed by atoms with E-state index < -0.39 is 17.4 Å². The Bertz CT molecular complexity index is 1150. The van der Waals surface area contributed by atoms with Gasteiger partial charge in [0.05, 0.1) is 5.52 Å². The molecule has 2 aromatic carbocycles. The number of carbonyl (C=O) groups is 1. The quantitative estimate of drug-likeness (QED) is 0.715. The van der Waals surface area contributed by atoms with E-state index in [0.717, 1.165) is 36.9 Å². The van der Waals surface area contributed by atoms with Gasteiger partial charge >= 0.3 is 5.69 Å². The van der Waals surface area contributed by atoms with Gasteiger partial charge in [0, 0.05) is 24.2 Å². The zero-order valence-corrected chi connectivity index (χ0v) is 17.2. The highest BCUT2D eigenvalue weighted by Gasteiger charge is 2.21. The maximum atomic E-state index is 13.5. The number of aromatic nitrogens is 2. The van der Waals surface area contributed by atoms with Crippen molar-refractivity contribution in [2.24, 2.45) is 5.92 Å². The topological polar surface area (TPSA) is 67.2 Å². The van der Waals surface area contributed by atoms with Crippen LogP contribution in [0, 0.1) is 18.7 Å². The van der Waals surface area contributed by atoms with E-state index in [0.29, 0.717) is 22.9 Å². The molecule has 0 aliphatic carbocycles. The average Bonchev–Trinajstić information content (AvgIpc) is 2.73. The number of carbonyl (C=O) groups excluding carboxylic acids is 1. The van der Waals surface area contributed by atoms with Crippen molar-refractivity contribution in [2.45, 2.75) is 33.2 Å². The van der Waals surface area contributed by atoms with E-state index in [1.54, 1.807) is 13.0 Å². The zero-order valence-electron chi connectivity index (χ0n) is 17.2. The Morgan fingerprint density at radius 3 is 2.70 bits per heavy atom. The van der Waals surface area contributed by atoms with E-state index in [1.807, 2.05) is 24.3 Å². The van der Waals surface area contributed by atoms with E-state index in [-0.39, 0.29) is 6.54 Å². The van der Waals surface area contributed by atoms with Gasteiger partial charge in [-0.3, -0.25) is 9.36 Å². The molecule has 3 aromatic rings. The van der Waals surface area contributed by atoms with Crippen molar-refractivity contribution in [2.75, 3.05) is 23.3 Å². The van der Waals surface area contributed by atoms with Gasteiger partial charge in [0.2, 0.25) is 5.91 Å². The number of anilines is 2. The highest BCUT2D eigenvalue weighted by molar-refractivity contribution is 5.94. The summed E-state index contributed by atoms with van der Waals surface area (Å²) in [4.78, 5) is 32.0. The first kappa shape index (κ1) is 20.1. The predicted molar refractivity (Wildman–Crippen MR) is 116 cm³/mol. The summed E-state index contributed by atoms with van der Waals surface area (Å²) in [6.45, 7) is 5.55. The lowest BCUT2D eigenvalue weighted by molar-refractivity contribution is -0.116. The van der Waals surface area contributed by atoms with Crippen LogP contribution in [0.4, 0.5) is 15.9 Å². The second-order valence-electron chi connectivity index (χ2n) is 8.00. The average molecular weight is 408 g/mol. The number of halogens is 1. The smallest absolute Gasteiger partial charge is 0.350 e. The van der Waals surface area contributed by atoms with Gasteiger partial charge in [-0.15, -0.1) is 0 Å². The molecule has 2 heterocycles. The molecule has 0 atom stereocenters. The maximum absolute atomic E-state index is 13.5. The predicted octanol–water partition coefficient (Wildman–Crippen LogP) is 3.72. The van der Waals surface area contributed by atoms with Gasteiger partial charge in [0.1, 0.15) is 18.2 Å². The molecule has 156 valence electrons. The molecule has 1 N–H and O–H groups in total. The van der Waals surface area contributed by atoms with Crippen molar-refractivity contribution in [3.63, 3.8) is 0 Å². The van der Waals surface area contributed by atoms with Crippen LogP contribution >= 0.6 is 0 Å². The highest BCUT2D eigenvalue weighted by Crippen LogP contribution is 2.27. The fourth-order valence-corrected chi connectivity index (χ4v) is 3.89. The number of fused-ring (bicyclic) bond motifs is 1. The number of hydrogen-bond acceptors (Lipinski definition) is 4. The van der Waals surface area contributed by atoms with E-state index in [4.69, 9.17) is 0 Å². The van der Waals surface area contributed by atoms with Crippen molar-refractivity contribution in [3.05, 3.63) is 64.3 Å². The summed E-state index contributed by atoms with van der Waals surface area (Å²) in [7, 11) is 0. The maximum Gasteiger partial charge on any atom is 0.350 e. The summed E-state index contributed by atoms with van der Waals surface area (Å²) in [5.74, 6) is 0.515. The lowest BCUT2D eigenvalue weighted by Gasteiger charge is -2.32. The van der Waals surface area contributed by atoms with Crippen LogP contribution in [0.15, 0.2) is 47.3 Å². The zero-order chi connectivity index (χ0) is 21.3. The van der Waals surface area contributed by atoms with Crippen molar-refractivity contribution in [1.29, 1.82) is 0 Å². The van der Waals surface area contributed by atoms with Crippen molar-refractivity contribution in [1.82, 2.24) is 9.55 Å². The minimum atomic E-state index is -0.464. The minimum Gasteiger partial charge on any atom is -0.356 e. The number of aryl methyl sites for hydroxylation is 1. The Hall–Kier alpha value is -3.22. The Labute approximate surface area is 174 Å². The molecule has 0 saturated carbocycles. The van der Waals surface area contributed by atoms with E-state index >= 15 is 0 Å². The molecule has 1 fully saturated rings. The molecule has 6 nitrogen and oxygen atoms in total. The summed E-state index contributed by atoms with van der Waals surface area (Å²) >= 11 is 0. The number of para-hydroxylation sites is 1. The molecular weight excluding hydrogens is 383 g/mol. The van der Waals surface area contributed by atoms with Crippen LogP contribution < -0.4 is 15.9 Å². The van der Waals surface area contributed by atoms with Crippen LogP contribution in [0.2, 0.25) is 0 Å². The molecule has 1 aliphatic rings. The van der Waals surface area contributed by atoms with Crippen LogP contribution in [0.3, 0.4) is 0 Å². The third kappa shape index (κ3) is 4.06. The molecule has 7 heteroatoms. The van der Waals surface area contributed by atoms with Gasteiger partial charge in [-0.1, -0.05) is 25.1 Å². The molecule has 4 rings (SSSR count). The Balaban J connectivity index is 1.66. The molecule has 0 spiro atoms. The van der Waals surface area contributed by atoms with Crippen molar-refractivity contribution in [3.8, 4) is 0 Å². The van der Waals surface area contributed by atoms with Gasteiger partial charge in [-0.25, -0.2) is 9.18 Å². The number of amides is 1. The fourth-order valence-electron chi connectivity index (χ4n) is 3.89. The van der Waals surface area contributed by atoms with Gasteiger partial charge < -0.3 is 10.2 Å². The molecule has 0 unspecified atom stereocenters. The van der Waals surface area contributed by atoms with Gasteiger partial charge in [-0.05, 0) is 55.5 Å². The first-order valence-electron chi connectivity index (χ1n) is 10.2. The molecule has 0 bridgehead atoms.